The molecule has 0 aromatic rings. The fourth-order valence-corrected chi connectivity index (χ4v) is 3.25. The molecule has 2 saturated heterocycles. The van der Waals surface area contributed by atoms with Gasteiger partial charge in [-0.05, 0) is 19.8 Å². The lowest BCUT2D eigenvalue weighted by molar-refractivity contribution is -0.120. The minimum absolute atomic E-state index is 0. The molecule has 1 atom stereocenters. The van der Waals surface area contributed by atoms with E-state index in [1.165, 1.54) is 6.92 Å². The first-order valence-corrected chi connectivity index (χ1v) is 8.09. The van der Waals surface area contributed by atoms with Crippen molar-refractivity contribution in [2.75, 3.05) is 39.3 Å². The average Bonchev–Trinajstić information content (AvgIpc) is 2.82. The second-order valence-corrected chi connectivity index (χ2v) is 6.20. The first-order chi connectivity index (χ1) is 10.5. The Balaban J connectivity index is 0.00000264. The van der Waals surface area contributed by atoms with Crippen LogP contribution in [0.5, 0.6) is 0 Å². The predicted octanol–water partition coefficient (Wildman–Crippen LogP) is 0.308. The van der Waals surface area contributed by atoms with Crippen molar-refractivity contribution in [3.63, 3.8) is 0 Å². The van der Waals surface area contributed by atoms with Crippen LogP contribution in [0.3, 0.4) is 0 Å². The van der Waals surface area contributed by atoms with Crippen molar-refractivity contribution in [1.29, 1.82) is 0 Å². The van der Waals surface area contributed by atoms with Crippen LogP contribution in [0, 0.1) is 5.41 Å². The van der Waals surface area contributed by atoms with Crippen LogP contribution in [0.25, 0.3) is 0 Å². The Kier molecular flexibility index (Phi) is 8.07. The predicted molar refractivity (Wildman–Crippen MR) is 101 cm³/mol. The molecular formula is C15H28IN5O2. The van der Waals surface area contributed by atoms with Gasteiger partial charge in [-0.3, -0.25) is 14.6 Å². The van der Waals surface area contributed by atoms with Gasteiger partial charge in [0, 0.05) is 51.5 Å². The van der Waals surface area contributed by atoms with Crippen LogP contribution in [0.2, 0.25) is 0 Å². The zero-order valence-corrected chi connectivity index (χ0v) is 16.3. The first-order valence-electron chi connectivity index (χ1n) is 8.09. The number of carbonyl (C=O) groups excluding carboxylic acids is 2. The van der Waals surface area contributed by atoms with E-state index in [2.05, 4.69) is 25.8 Å². The number of hydrogen-bond donors (Lipinski definition) is 3. The van der Waals surface area contributed by atoms with Gasteiger partial charge in [0.15, 0.2) is 5.96 Å². The van der Waals surface area contributed by atoms with Gasteiger partial charge in [-0.15, -0.1) is 24.0 Å². The van der Waals surface area contributed by atoms with E-state index in [9.17, 15) is 9.59 Å². The summed E-state index contributed by atoms with van der Waals surface area (Å²) < 4.78 is 0. The number of aliphatic imine (C=N–C) groups is 1. The van der Waals surface area contributed by atoms with Crippen LogP contribution < -0.4 is 16.0 Å². The smallest absolute Gasteiger partial charge is 0.220 e. The Labute approximate surface area is 155 Å². The zero-order chi connectivity index (χ0) is 16.0. The number of likely N-dealkylation sites (tertiary alicyclic amines) is 1. The molecule has 23 heavy (non-hydrogen) atoms. The van der Waals surface area contributed by atoms with Gasteiger partial charge in [0.25, 0.3) is 0 Å². The molecule has 2 rings (SSSR count). The number of piperidine rings is 1. The minimum Gasteiger partial charge on any atom is -0.357 e. The standard InChI is InChI=1S/C15H27N5O2.HI/c1-3-16-14(18-7-6-17-12(2)21)20-8-4-5-15(11-20)9-13(22)19-10-15;/h3-11H2,1-2H3,(H,16,18)(H,17,21)(H,19,22);1H. The lowest BCUT2D eigenvalue weighted by atomic mass is 9.79. The van der Waals surface area contributed by atoms with Crippen molar-refractivity contribution in [3.05, 3.63) is 0 Å². The van der Waals surface area contributed by atoms with Gasteiger partial charge in [0.2, 0.25) is 11.8 Å². The third kappa shape index (κ3) is 5.82. The van der Waals surface area contributed by atoms with Crippen molar-refractivity contribution in [2.45, 2.75) is 33.1 Å². The molecule has 2 aliphatic heterocycles. The Hall–Kier alpha value is -1.06. The largest absolute Gasteiger partial charge is 0.357 e. The van der Waals surface area contributed by atoms with Gasteiger partial charge in [0.1, 0.15) is 0 Å². The summed E-state index contributed by atoms with van der Waals surface area (Å²) >= 11 is 0. The summed E-state index contributed by atoms with van der Waals surface area (Å²) in [5, 5.41) is 9.03. The maximum atomic E-state index is 11.6. The molecule has 8 heteroatoms. The maximum absolute atomic E-state index is 11.6. The number of nitrogens with zero attached hydrogens (tertiary/aromatic N) is 2. The quantitative estimate of drug-likeness (QED) is 0.256. The number of hydrogen-bond acceptors (Lipinski definition) is 3. The number of amides is 2. The van der Waals surface area contributed by atoms with Crippen molar-refractivity contribution < 1.29 is 9.59 Å². The van der Waals surface area contributed by atoms with Gasteiger partial charge < -0.3 is 20.9 Å². The Morgan fingerprint density at radius 1 is 1.43 bits per heavy atom. The molecule has 2 heterocycles. The monoisotopic (exact) mass is 437 g/mol. The third-order valence-electron chi connectivity index (χ3n) is 4.24. The number of carbonyl (C=O) groups is 2. The highest BCUT2D eigenvalue weighted by Crippen LogP contribution is 2.35. The SMILES string of the molecule is CCNC(=NCCNC(C)=O)N1CCCC2(CNC(=O)C2)C1.I. The molecular weight excluding hydrogens is 409 g/mol. The topological polar surface area (TPSA) is 85.8 Å². The Bertz CT molecular complexity index is 457. The summed E-state index contributed by atoms with van der Waals surface area (Å²) in [6.45, 7) is 8.05. The summed E-state index contributed by atoms with van der Waals surface area (Å²) in [6, 6.07) is 0. The molecule has 2 amide bonds. The lowest BCUT2D eigenvalue weighted by Gasteiger charge is -2.40. The molecule has 0 saturated carbocycles. The van der Waals surface area contributed by atoms with Crippen molar-refractivity contribution >= 4 is 41.8 Å². The summed E-state index contributed by atoms with van der Waals surface area (Å²) in [4.78, 5) is 29.3. The molecule has 0 aromatic carbocycles. The molecule has 1 unspecified atom stereocenters. The normalized spacial score (nSPS) is 24.2. The van der Waals surface area contributed by atoms with Crippen LogP contribution in [0.1, 0.15) is 33.1 Å². The van der Waals surface area contributed by atoms with Crippen molar-refractivity contribution in [2.24, 2.45) is 10.4 Å². The van der Waals surface area contributed by atoms with Gasteiger partial charge >= 0.3 is 0 Å². The number of nitrogens with one attached hydrogen (secondary N) is 3. The molecule has 0 aliphatic carbocycles. The van der Waals surface area contributed by atoms with E-state index in [1.807, 2.05) is 6.92 Å². The molecule has 7 nitrogen and oxygen atoms in total. The van der Waals surface area contributed by atoms with Crippen molar-refractivity contribution in [3.8, 4) is 0 Å². The lowest BCUT2D eigenvalue weighted by Crippen LogP contribution is -2.51. The van der Waals surface area contributed by atoms with Gasteiger partial charge in [0.05, 0.1) is 6.54 Å². The van der Waals surface area contributed by atoms with E-state index in [1.54, 1.807) is 0 Å². The second kappa shape index (κ2) is 9.29. The van der Waals surface area contributed by atoms with E-state index >= 15 is 0 Å². The van der Waals surface area contributed by atoms with E-state index < -0.39 is 0 Å². The van der Waals surface area contributed by atoms with Crippen LogP contribution in [-0.4, -0.2) is 61.9 Å². The van der Waals surface area contributed by atoms with Crippen LogP contribution in [0.4, 0.5) is 0 Å². The second-order valence-electron chi connectivity index (χ2n) is 6.20. The minimum atomic E-state index is -0.0346. The molecule has 2 fully saturated rings. The fourth-order valence-electron chi connectivity index (χ4n) is 3.25. The molecule has 2 aliphatic rings. The van der Waals surface area contributed by atoms with Crippen LogP contribution >= 0.6 is 24.0 Å². The van der Waals surface area contributed by atoms with E-state index in [0.717, 1.165) is 45.0 Å². The average molecular weight is 437 g/mol. The van der Waals surface area contributed by atoms with Gasteiger partial charge in [-0.1, -0.05) is 0 Å². The zero-order valence-electron chi connectivity index (χ0n) is 14.0. The van der Waals surface area contributed by atoms with E-state index in [0.29, 0.717) is 19.5 Å². The summed E-state index contributed by atoms with van der Waals surface area (Å²) in [5.41, 5.74) is 0.0587. The molecule has 0 bridgehead atoms. The summed E-state index contributed by atoms with van der Waals surface area (Å²) in [5.74, 6) is 1.01. The molecule has 1 spiro atoms. The number of rotatable bonds is 4. The van der Waals surface area contributed by atoms with E-state index in [-0.39, 0.29) is 41.2 Å². The third-order valence-corrected chi connectivity index (χ3v) is 4.24. The Morgan fingerprint density at radius 3 is 2.83 bits per heavy atom. The van der Waals surface area contributed by atoms with Crippen LogP contribution in [-0.2, 0) is 9.59 Å². The number of guanidine groups is 1. The molecule has 0 aromatic heterocycles. The summed E-state index contributed by atoms with van der Waals surface area (Å²) in [7, 11) is 0. The Morgan fingerprint density at radius 2 is 2.22 bits per heavy atom. The molecule has 3 N–H and O–H groups in total. The molecule has 132 valence electrons. The van der Waals surface area contributed by atoms with Crippen LogP contribution in [0.15, 0.2) is 4.99 Å². The van der Waals surface area contributed by atoms with Gasteiger partial charge in [-0.25, -0.2) is 0 Å². The van der Waals surface area contributed by atoms with E-state index in [4.69, 9.17) is 0 Å². The number of halogens is 1. The van der Waals surface area contributed by atoms with Crippen molar-refractivity contribution in [1.82, 2.24) is 20.9 Å². The highest BCUT2D eigenvalue weighted by molar-refractivity contribution is 14.0. The summed E-state index contributed by atoms with van der Waals surface area (Å²) in [6.07, 6.45) is 2.79. The maximum Gasteiger partial charge on any atom is 0.220 e. The fraction of sp³-hybridized carbons (Fsp3) is 0.800. The highest BCUT2D eigenvalue weighted by atomic mass is 127. The first kappa shape index (κ1) is 20.0. The van der Waals surface area contributed by atoms with Gasteiger partial charge in [-0.2, -0.15) is 0 Å². The highest BCUT2D eigenvalue weighted by Gasteiger charge is 2.42. The molecule has 0 radical (unpaired) electrons.